The Balaban J connectivity index is 1.17. The van der Waals surface area contributed by atoms with E-state index in [1.54, 1.807) is 0 Å². The standard InChI is InChI=1S/C69H117N3O50/c1-16-33(84)42(93)48(99)61(107-16)117-55-32(72-22(7)80)60(113-29(13-77)53(55)116-65-57(46(97)39(90)27(11-75)111-65)119-62-49(100)43(94)34(85)17(2)108-62)105-15-30-41(92)56(118-66-58(47(98)40(91)28(12-76)112-66)120-63-50(101)44(95)35(86)18(3)109-63)59(121-64-51(102)45(96)36(87)19(4)110-64)67(114-30)115-52(23(9-73)70-20(5)78)38(89)26(83)14-106-69(68(103)104)8-24(81)31(71-21(6)79)54(122-69)37(88)25(82)10-74/h16-19,23-67,73-77,81-102H,8-15H2,1-7H3,(H,70,78)(H,71,79)(H,72,80)(H,103,104)/t16-,17-,18-,19-,23-,24-,25+,26+,27+,28+,29+,30+,31+,32+,33+,34+,35+,36+,37+,38-,39-,40-,41-,42+,43+,44+,45+,46-,47-,48-,49-,50-,51-,52+,53+,54+,55+,56-,57+,58+,59+,60+,61-,62-,63-,64-,65-,66-,67-,69+/m0/s1. The van der Waals surface area contributed by atoms with E-state index in [1.807, 2.05) is 0 Å². The van der Waals surface area contributed by atoms with Crippen molar-refractivity contribution in [2.24, 2.45) is 0 Å². The number of carbonyl (C=O) groups excluding carboxylic acids is 3. The number of carbonyl (C=O) groups is 4. The van der Waals surface area contributed by atoms with Gasteiger partial charge in [0.25, 0.3) is 5.79 Å². The summed E-state index contributed by atoms with van der Waals surface area (Å²) < 4.78 is 109. The second-order valence-electron chi connectivity index (χ2n) is 31.4. The molecule has 50 atom stereocenters. The van der Waals surface area contributed by atoms with Crippen LogP contribution in [0.1, 0.15) is 54.9 Å². The lowest BCUT2D eigenvalue weighted by atomic mass is 9.88. The summed E-state index contributed by atoms with van der Waals surface area (Å²) in [6.07, 6.45) is -101. The third-order valence-electron chi connectivity index (χ3n) is 22.5. The second-order valence-corrected chi connectivity index (χ2v) is 31.4. The van der Waals surface area contributed by atoms with Crippen molar-refractivity contribution in [2.45, 2.75) is 361 Å². The quantitative estimate of drug-likeness (QED) is 0.0284. The molecule has 122 heavy (non-hydrogen) atoms. The van der Waals surface area contributed by atoms with Crippen LogP contribution in [0.2, 0.25) is 0 Å². The molecule has 0 aliphatic carbocycles. The molecule has 9 fully saturated rings. The number of carboxylic acid groups (broad SMARTS) is 1. The Morgan fingerprint density at radius 3 is 1.19 bits per heavy atom. The number of hydrogen-bond donors (Lipinski definition) is 31. The molecule has 53 heteroatoms. The van der Waals surface area contributed by atoms with Crippen LogP contribution in [0.15, 0.2) is 0 Å². The fourth-order valence-corrected chi connectivity index (χ4v) is 15.5. The number of amides is 3. The van der Waals surface area contributed by atoms with Crippen LogP contribution in [0.3, 0.4) is 0 Å². The molecule has 9 aliphatic rings. The van der Waals surface area contributed by atoms with E-state index in [4.69, 9.17) is 85.3 Å². The van der Waals surface area contributed by atoms with E-state index in [-0.39, 0.29) is 0 Å². The van der Waals surface area contributed by atoms with Gasteiger partial charge in [0.05, 0.1) is 88.9 Å². The predicted molar refractivity (Wildman–Crippen MR) is 378 cm³/mol. The smallest absolute Gasteiger partial charge is 0.364 e. The summed E-state index contributed by atoms with van der Waals surface area (Å²) in [6, 6.07) is -6.00. The van der Waals surface area contributed by atoms with E-state index in [1.165, 1.54) is 20.8 Å². The van der Waals surface area contributed by atoms with Crippen molar-refractivity contribution < 1.29 is 247 Å². The van der Waals surface area contributed by atoms with Crippen LogP contribution in [0.4, 0.5) is 0 Å². The van der Waals surface area contributed by atoms with Crippen molar-refractivity contribution in [3.8, 4) is 0 Å². The summed E-state index contributed by atoms with van der Waals surface area (Å²) in [5.74, 6) is -8.48. The first-order chi connectivity index (χ1) is 57.3. The third-order valence-corrected chi connectivity index (χ3v) is 22.5. The molecular formula is C69H117N3O50. The molecule has 3 amide bonds. The molecule has 9 aliphatic heterocycles. The van der Waals surface area contributed by atoms with E-state index in [2.05, 4.69) is 16.0 Å². The molecule has 53 nitrogen and oxygen atoms in total. The molecule has 0 aromatic carbocycles. The van der Waals surface area contributed by atoms with Crippen molar-refractivity contribution >= 4 is 23.7 Å². The molecule has 0 unspecified atom stereocenters. The first-order valence-corrected chi connectivity index (χ1v) is 39.1. The van der Waals surface area contributed by atoms with E-state index < -0.39 is 383 Å². The maximum Gasteiger partial charge on any atom is 0.364 e. The summed E-state index contributed by atoms with van der Waals surface area (Å²) in [7, 11) is 0. The van der Waals surface area contributed by atoms with Crippen molar-refractivity contribution in [3.05, 3.63) is 0 Å². The van der Waals surface area contributed by atoms with Crippen LogP contribution < -0.4 is 16.0 Å². The molecule has 0 aromatic heterocycles. The highest BCUT2D eigenvalue weighted by Crippen LogP contribution is 2.42. The molecule has 0 aromatic rings. The molecule has 9 rings (SSSR count). The lowest BCUT2D eigenvalue weighted by Crippen LogP contribution is -2.71. The lowest BCUT2D eigenvalue weighted by Gasteiger charge is -2.52. The maximum absolute atomic E-state index is 13.8. The van der Waals surface area contributed by atoms with Gasteiger partial charge >= 0.3 is 5.97 Å². The highest BCUT2D eigenvalue weighted by atomic mass is 16.8. The summed E-state index contributed by atoms with van der Waals surface area (Å²) in [4.78, 5) is 52.7. The van der Waals surface area contributed by atoms with Crippen LogP contribution in [0.25, 0.3) is 0 Å². The first-order valence-electron chi connectivity index (χ1n) is 39.1. The Morgan fingerprint density at radius 1 is 0.393 bits per heavy atom. The van der Waals surface area contributed by atoms with Crippen LogP contribution in [0.5, 0.6) is 0 Å². The molecule has 9 saturated heterocycles. The van der Waals surface area contributed by atoms with E-state index in [9.17, 15) is 162 Å². The molecule has 0 saturated carbocycles. The zero-order valence-corrected chi connectivity index (χ0v) is 66.5. The molecule has 31 N–H and O–H groups in total. The van der Waals surface area contributed by atoms with Gasteiger partial charge in [0.15, 0.2) is 50.3 Å². The molecular weight excluding hydrogens is 1670 g/mol. The minimum absolute atomic E-state index is 0.845. The Kier molecular flexibility index (Phi) is 36.4. The zero-order chi connectivity index (χ0) is 90.6. The van der Waals surface area contributed by atoms with Crippen LogP contribution in [-0.4, -0.2) is 519 Å². The highest BCUT2D eigenvalue weighted by molar-refractivity contribution is 5.77. The van der Waals surface area contributed by atoms with Crippen molar-refractivity contribution in [3.63, 3.8) is 0 Å². The van der Waals surface area contributed by atoms with E-state index in [0.29, 0.717) is 0 Å². The van der Waals surface area contributed by atoms with E-state index >= 15 is 0 Å². The van der Waals surface area contributed by atoms with Crippen LogP contribution in [-0.2, 0) is 104 Å². The van der Waals surface area contributed by atoms with Gasteiger partial charge in [-0.3, -0.25) is 14.4 Å². The molecule has 0 bridgehead atoms. The molecule has 9 heterocycles. The highest BCUT2D eigenvalue weighted by Gasteiger charge is 2.63. The molecule has 0 spiro atoms. The van der Waals surface area contributed by atoms with Gasteiger partial charge in [0, 0.05) is 27.2 Å². The average Bonchev–Trinajstić information content (AvgIpc) is 0.771. The number of aliphatic carboxylic acids is 1. The number of hydrogen-bond acceptors (Lipinski definition) is 49. The lowest BCUT2D eigenvalue weighted by molar-refractivity contribution is -0.410. The van der Waals surface area contributed by atoms with Crippen LogP contribution in [0, 0.1) is 0 Å². The minimum atomic E-state index is -3.28. The fraction of sp³-hybridized carbons (Fsp3) is 0.942. The minimum Gasteiger partial charge on any atom is -0.477 e. The van der Waals surface area contributed by atoms with Gasteiger partial charge in [-0.05, 0) is 27.7 Å². The number of rotatable bonds is 34. The Morgan fingerprint density at radius 2 is 0.787 bits per heavy atom. The predicted octanol–water partition coefficient (Wildman–Crippen LogP) is -19.4. The average molecular weight is 1790 g/mol. The van der Waals surface area contributed by atoms with Gasteiger partial charge in [-0.25, -0.2) is 4.79 Å². The third kappa shape index (κ3) is 22.6. The Hall–Kier alpha value is -3.92. The number of nitrogens with one attached hydrogen (secondary N) is 3. The summed E-state index contributed by atoms with van der Waals surface area (Å²) in [5, 5.41) is 321. The SMILES string of the molecule is CC(=O)N[C@H]1[C@H](OC[C@H]2O[C@@H](O[C@@H]([C@@H](O)[C@H](O)CO[C@]3(C(=O)O)C[C@H](O)[C@@H](NC(C)=O)[C@H]([C@H](O)[C@H](O)CO)O3)[C@H](CO)NC(C)=O)[C@H](O[C@@H]3O[C@@H](C)[C@@H](O)[C@@H](O)[C@@H]3O)[C@@H](O[C@@H]3O[C@H](CO)[C@H](O)[C@H](O)[C@H]3O[C@@H]3O[C@@H](C)[C@@H](O)[C@@H](O)[C@@H]3O)[C@H]2O)O[C@H](CO)[C@@H](O[C@@H]2O[C@H](CO)[C@H](O)[C@H](O)[C@H]2O[C@@H]2O[C@@H](C)[C@@H](O)[C@@H](O)[C@@H]2O)[C@@H]1O[C@@H]1O[C@@H](C)[C@@H](O)[C@@H](O)[C@@H]1O. The summed E-state index contributed by atoms with van der Waals surface area (Å²) >= 11 is 0. The number of aliphatic hydroxyl groups excluding tert-OH is 27. The molecule has 0 radical (unpaired) electrons. The number of aliphatic hydroxyl groups is 27. The second kappa shape index (κ2) is 43.7. The monoisotopic (exact) mass is 1790 g/mol. The normalized spacial score (nSPS) is 47.5. The Bertz CT molecular complexity index is 3290. The molecule has 708 valence electrons. The Labute approximate surface area is 692 Å². The van der Waals surface area contributed by atoms with Gasteiger partial charge < -0.3 is 244 Å². The van der Waals surface area contributed by atoms with Gasteiger partial charge in [-0.1, -0.05) is 0 Å². The van der Waals surface area contributed by atoms with E-state index in [0.717, 1.165) is 27.7 Å². The first kappa shape index (κ1) is 102. The fourth-order valence-electron chi connectivity index (χ4n) is 15.5. The maximum atomic E-state index is 13.8. The van der Waals surface area contributed by atoms with Gasteiger partial charge in [-0.15, -0.1) is 0 Å². The van der Waals surface area contributed by atoms with Gasteiger partial charge in [-0.2, -0.15) is 0 Å². The zero-order valence-electron chi connectivity index (χ0n) is 66.5. The largest absolute Gasteiger partial charge is 0.477 e. The van der Waals surface area contributed by atoms with Crippen molar-refractivity contribution in [2.75, 3.05) is 46.2 Å². The topological polar surface area (TPSA) is 837 Å². The van der Waals surface area contributed by atoms with Gasteiger partial charge in [0.1, 0.15) is 207 Å². The summed E-state index contributed by atoms with van der Waals surface area (Å²) in [6.45, 7) is -1.68. The van der Waals surface area contributed by atoms with Crippen molar-refractivity contribution in [1.29, 1.82) is 0 Å². The van der Waals surface area contributed by atoms with Crippen molar-refractivity contribution in [1.82, 2.24) is 16.0 Å². The van der Waals surface area contributed by atoms with Gasteiger partial charge in [0.2, 0.25) is 17.7 Å². The number of carboxylic acids is 1. The van der Waals surface area contributed by atoms with Crippen LogP contribution >= 0.6 is 0 Å². The summed E-state index contributed by atoms with van der Waals surface area (Å²) in [5.41, 5.74) is 0. The number of ether oxygens (including phenoxy) is 18.